The van der Waals surface area contributed by atoms with Crippen LogP contribution in [0.3, 0.4) is 0 Å². The van der Waals surface area contributed by atoms with Gasteiger partial charge in [0.1, 0.15) is 5.76 Å². The third kappa shape index (κ3) is 3.90. The van der Waals surface area contributed by atoms with Crippen molar-refractivity contribution in [1.82, 2.24) is 10.5 Å². The van der Waals surface area contributed by atoms with E-state index in [9.17, 15) is 4.79 Å². The van der Waals surface area contributed by atoms with Crippen molar-refractivity contribution in [3.63, 3.8) is 0 Å². The zero-order valence-electron chi connectivity index (χ0n) is 9.61. The van der Waals surface area contributed by atoms with Crippen molar-refractivity contribution >= 4 is 5.91 Å². The van der Waals surface area contributed by atoms with Gasteiger partial charge in [-0.3, -0.25) is 4.79 Å². The van der Waals surface area contributed by atoms with Crippen molar-refractivity contribution in [3.05, 3.63) is 11.8 Å². The van der Waals surface area contributed by atoms with E-state index >= 15 is 0 Å². The number of ether oxygens (including phenoxy) is 1. The molecule has 0 aliphatic carbocycles. The third-order valence-corrected chi connectivity index (χ3v) is 1.83. The van der Waals surface area contributed by atoms with Gasteiger partial charge < -0.3 is 19.7 Å². The number of carbonyl (C=O) groups is 1. The Morgan fingerprint density at radius 1 is 1.69 bits per heavy atom. The van der Waals surface area contributed by atoms with Crippen molar-refractivity contribution in [2.24, 2.45) is 0 Å². The van der Waals surface area contributed by atoms with Gasteiger partial charge in [-0.15, -0.1) is 0 Å². The number of rotatable bonds is 5. The highest BCUT2D eigenvalue weighted by atomic mass is 16.5. The van der Waals surface area contributed by atoms with Gasteiger partial charge in [-0.25, -0.2) is 0 Å². The lowest BCUT2D eigenvalue weighted by Gasteiger charge is -2.23. The molecule has 90 valence electrons. The van der Waals surface area contributed by atoms with E-state index in [4.69, 9.17) is 14.4 Å². The van der Waals surface area contributed by atoms with Crippen molar-refractivity contribution < 1.29 is 19.2 Å². The van der Waals surface area contributed by atoms with Crippen LogP contribution in [0.5, 0.6) is 5.88 Å². The van der Waals surface area contributed by atoms with Crippen LogP contribution >= 0.6 is 0 Å². The summed E-state index contributed by atoms with van der Waals surface area (Å²) in [6.07, 6.45) is 0. The maximum Gasteiger partial charge on any atom is 0.258 e. The number of aliphatic hydroxyl groups excluding tert-OH is 1. The van der Waals surface area contributed by atoms with E-state index in [0.29, 0.717) is 5.76 Å². The number of nitrogens with one attached hydrogen (secondary N) is 1. The first kappa shape index (κ1) is 12.5. The first-order valence-corrected chi connectivity index (χ1v) is 4.91. The largest absolute Gasteiger partial charge is 0.465 e. The number of nitrogens with zero attached hydrogens (tertiary/aromatic N) is 1. The summed E-state index contributed by atoms with van der Waals surface area (Å²) >= 11 is 0. The molecule has 0 spiro atoms. The van der Waals surface area contributed by atoms with E-state index < -0.39 is 5.54 Å². The highest BCUT2D eigenvalue weighted by Crippen LogP contribution is 2.09. The van der Waals surface area contributed by atoms with Crippen LogP contribution < -0.4 is 10.1 Å². The van der Waals surface area contributed by atoms with E-state index in [1.807, 2.05) is 0 Å². The van der Waals surface area contributed by atoms with Crippen molar-refractivity contribution in [2.75, 3.05) is 13.2 Å². The van der Waals surface area contributed by atoms with Crippen LogP contribution in [0.4, 0.5) is 0 Å². The van der Waals surface area contributed by atoms with Crippen molar-refractivity contribution in [1.29, 1.82) is 0 Å². The fourth-order valence-electron chi connectivity index (χ4n) is 1.00. The number of amides is 1. The summed E-state index contributed by atoms with van der Waals surface area (Å²) in [4.78, 5) is 11.4. The quantitative estimate of drug-likeness (QED) is 0.754. The lowest BCUT2D eigenvalue weighted by molar-refractivity contribution is -0.125. The molecule has 0 radical (unpaired) electrons. The van der Waals surface area contributed by atoms with Gasteiger partial charge in [0.2, 0.25) is 0 Å². The van der Waals surface area contributed by atoms with Crippen molar-refractivity contribution in [3.8, 4) is 5.88 Å². The molecule has 0 unspecified atom stereocenters. The Morgan fingerprint density at radius 3 is 2.88 bits per heavy atom. The van der Waals surface area contributed by atoms with Crippen LogP contribution in [0.25, 0.3) is 0 Å². The highest BCUT2D eigenvalue weighted by Gasteiger charge is 2.19. The van der Waals surface area contributed by atoms with Crippen LogP contribution in [0, 0.1) is 6.92 Å². The van der Waals surface area contributed by atoms with E-state index in [1.165, 1.54) is 0 Å². The van der Waals surface area contributed by atoms with Crippen LogP contribution in [0.1, 0.15) is 19.6 Å². The van der Waals surface area contributed by atoms with E-state index in [0.717, 1.165) is 0 Å². The average Bonchev–Trinajstić information content (AvgIpc) is 2.61. The zero-order valence-corrected chi connectivity index (χ0v) is 9.61. The maximum atomic E-state index is 11.4. The first-order chi connectivity index (χ1) is 7.43. The molecular weight excluding hydrogens is 212 g/mol. The van der Waals surface area contributed by atoms with E-state index in [2.05, 4.69) is 10.5 Å². The first-order valence-electron chi connectivity index (χ1n) is 4.91. The van der Waals surface area contributed by atoms with Gasteiger partial charge in [-0.1, -0.05) is 0 Å². The van der Waals surface area contributed by atoms with Gasteiger partial charge in [0, 0.05) is 6.07 Å². The molecule has 1 heterocycles. The minimum Gasteiger partial charge on any atom is -0.465 e. The molecule has 16 heavy (non-hydrogen) atoms. The SMILES string of the molecule is Cc1cc(OCC(=O)NC(C)(C)CO)no1. The minimum atomic E-state index is -0.653. The standard InChI is InChI=1S/C10H16N2O4/c1-7-4-9(12-16-7)15-5-8(14)11-10(2,3)6-13/h4,13H,5-6H2,1-3H3,(H,11,14). The van der Waals surface area contributed by atoms with Gasteiger partial charge in [-0.05, 0) is 25.9 Å². The molecule has 6 nitrogen and oxygen atoms in total. The molecule has 0 aliphatic rings. The van der Waals surface area contributed by atoms with Gasteiger partial charge >= 0.3 is 0 Å². The summed E-state index contributed by atoms with van der Waals surface area (Å²) in [6.45, 7) is 4.86. The lowest BCUT2D eigenvalue weighted by Crippen LogP contribution is -2.48. The monoisotopic (exact) mass is 228 g/mol. The summed E-state index contributed by atoms with van der Waals surface area (Å²) in [7, 11) is 0. The van der Waals surface area contributed by atoms with Gasteiger partial charge in [0.25, 0.3) is 11.8 Å². The van der Waals surface area contributed by atoms with Crippen LogP contribution in [-0.4, -0.2) is 34.9 Å². The van der Waals surface area contributed by atoms with Crippen molar-refractivity contribution in [2.45, 2.75) is 26.3 Å². The van der Waals surface area contributed by atoms with Crippen LogP contribution in [-0.2, 0) is 4.79 Å². The number of carbonyl (C=O) groups excluding carboxylic acids is 1. The van der Waals surface area contributed by atoms with Gasteiger partial charge in [0.15, 0.2) is 6.61 Å². The predicted octanol–water partition coefficient (Wildman–Crippen LogP) is 0.249. The van der Waals surface area contributed by atoms with E-state index in [1.54, 1.807) is 26.8 Å². The molecule has 0 aromatic carbocycles. The van der Waals surface area contributed by atoms with Gasteiger partial charge in [0.05, 0.1) is 12.1 Å². The number of hydrogen-bond acceptors (Lipinski definition) is 5. The molecule has 1 rings (SSSR count). The molecule has 0 aliphatic heterocycles. The van der Waals surface area contributed by atoms with Crippen LogP contribution in [0.2, 0.25) is 0 Å². The summed E-state index contributed by atoms with van der Waals surface area (Å²) in [5.74, 6) is 0.570. The van der Waals surface area contributed by atoms with Gasteiger partial charge in [-0.2, -0.15) is 0 Å². The predicted molar refractivity (Wildman–Crippen MR) is 56.0 cm³/mol. The number of aliphatic hydroxyl groups is 1. The third-order valence-electron chi connectivity index (χ3n) is 1.83. The molecule has 0 bridgehead atoms. The molecule has 1 aromatic rings. The second-order valence-electron chi connectivity index (χ2n) is 4.15. The molecule has 0 saturated heterocycles. The van der Waals surface area contributed by atoms with E-state index in [-0.39, 0.29) is 25.0 Å². The Bertz CT molecular complexity index is 359. The highest BCUT2D eigenvalue weighted by molar-refractivity contribution is 5.78. The summed E-state index contributed by atoms with van der Waals surface area (Å²) in [6, 6.07) is 1.59. The zero-order chi connectivity index (χ0) is 12.2. The molecule has 2 N–H and O–H groups in total. The molecule has 6 heteroatoms. The fourth-order valence-corrected chi connectivity index (χ4v) is 1.00. The number of aryl methyl sites for hydroxylation is 1. The Labute approximate surface area is 93.6 Å². The molecule has 1 amide bonds. The summed E-state index contributed by atoms with van der Waals surface area (Å²) in [5.41, 5.74) is -0.653. The smallest absolute Gasteiger partial charge is 0.258 e. The Hall–Kier alpha value is -1.56. The molecule has 1 aromatic heterocycles. The summed E-state index contributed by atoms with van der Waals surface area (Å²) in [5, 5.41) is 15.1. The fraction of sp³-hybridized carbons (Fsp3) is 0.600. The van der Waals surface area contributed by atoms with Crippen LogP contribution in [0.15, 0.2) is 10.6 Å². The molecular formula is C10H16N2O4. The molecule has 0 atom stereocenters. The Morgan fingerprint density at radius 2 is 2.38 bits per heavy atom. The Kier molecular flexibility index (Phi) is 3.89. The normalized spacial score (nSPS) is 11.2. The number of hydrogen-bond donors (Lipinski definition) is 2. The molecule has 0 fully saturated rings. The average molecular weight is 228 g/mol. The number of aromatic nitrogens is 1. The maximum absolute atomic E-state index is 11.4. The molecule has 0 saturated carbocycles. The lowest BCUT2D eigenvalue weighted by atomic mass is 10.1. The minimum absolute atomic E-state index is 0.137. The topological polar surface area (TPSA) is 84.6 Å². The Balaban J connectivity index is 2.36. The second kappa shape index (κ2) is 4.98. The second-order valence-corrected chi connectivity index (χ2v) is 4.15. The summed E-state index contributed by atoms with van der Waals surface area (Å²) < 4.78 is 9.85.